The summed E-state index contributed by atoms with van der Waals surface area (Å²) >= 11 is 0. The summed E-state index contributed by atoms with van der Waals surface area (Å²) in [5.74, 6) is -4.43. The minimum atomic E-state index is -1.06. The molecule has 0 fully saturated rings. The monoisotopic (exact) mass is 758 g/mol. The SMILES string of the molecule is CC(C)(CCCCc1cc(CCCCC(C)(C)C(=O)O)c(O)c(Oc2c(CCCC(C)(C)C(=O)O)cc(O)c(O)c2CCCC(C)(C)C(=O)O)c1)C(=O)O. The summed E-state index contributed by atoms with van der Waals surface area (Å²) in [6.45, 7) is 13.1. The number of hydrogen-bond donors (Lipinski definition) is 7. The van der Waals surface area contributed by atoms with Gasteiger partial charge >= 0.3 is 23.9 Å². The predicted molar refractivity (Wildman–Crippen MR) is 205 cm³/mol. The first-order chi connectivity index (χ1) is 24.8. The second-order valence-corrected chi connectivity index (χ2v) is 17.3. The average Bonchev–Trinajstić information content (AvgIpc) is 3.06. The topological polar surface area (TPSA) is 219 Å². The number of carboxylic acid groups (broad SMARTS) is 4. The van der Waals surface area contributed by atoms with Gasteiger partial charge in [-0.25, -0.2) is 0 Å². The Morgan fingerprint density at radius 2 is 0.907 bits per heavy atom. The fourth-order valence-electron chi connectivity index (χ4n) is 6.19. The molecule has 0 spiro atoms. The van der Waals surface area contributed by atoms with Crippen LogP contribution in [0.4, 0.5) is 0 Å². The quantitative estimate of drug-likeness (QED) is 0.0394. The lowest BCUT2D eigenvalue weighted by atomic mass is 9.85. The Morgan fingerprint density at radius 1 is 0.500 bits per heavy atom. The smallest absolute Gasteiger partial charge is 0.309 e. The molecule has 0 aliphatic carbocycles. The molecular weight excluding hydrogens is 696 g/mol. The summed E-state index contributed by atoms with van der Waals surface area (Å²) in [6.07, 6.45) is 5.95. The van der Waals surface area contributed by atoms with Crippen LogP contribution in [0.1, 0.15) is 142 Å². The number of carbonyl (C=O) groups is 4. The number of aryl methyl sites for hydroxylation is 3. The number of ether oxygens (including phenoxy) is 1. The number of aromatic hydroxyl groups is 3. The molecule has 0 aliphatic heterocycles. The van der Waals surface area contributed by atoms with Gasteiger partial charge < -0.3 is 40.5 Å². The van der Waals surface area contributed by atoms with Crippen molar-refractivity contribution in [3.05, 3.63) is 40.5 Å². The maximum Gasteiger partial charge on any atom is 0.309 e. The van der Waals surface area contributed by atoms with Crippen molar-refractivity contribution in [1.29, 1.82) is 0 Å². The number of benzene rings is 2. The first-order valence-corrected chi connectivity index (χ1v) is 18.9. The number of phenols is 3. The first-order valence-electron chi connectivity index (χ1n) is 18.9. The molecule has 0 radical (unpaired) electrons. The van der Waals surface area contributed by atoms with Crippen molar-refractivity contribution in [2.24, 2.45) is 21.7 Å². The third-order valence-corrected chi connectivity index (χ3v) is 10.6. The van der Waals surface area contributed by atoms with Crippen molar-refractivity contribution in [1.82, 2.24) is 0 Å². The molecule has 0 aromatic heterocycles. The highest BCUT2D eigenvalue weighted by Gasteiger charge is 2.30. The second kappa shape index (κ2) is 18.7. The zero-order valence-electron chi connectivity index (χ0n) is 33.3. The maximum absolute atomic E-state index is 11.8. The van der Waals surface area contributed by atoms with Crippen LogP contribution >= 0.6 is 0 Å². The number of carboxylic acids is 4. The molecule has 0 saturated heterocycles. The zero-order valence-corrected chi connectivity index (χ0v) is 33.3. The lowest BCUT2D eigenvalue weighted by Crippen LogP contribution is -2.23. The molecule has 2 aromatic rings. The van der Waals surface area contributed by atoms with Crippen LogP contribution in [0, 0.1) is 21.7 Å². The maximum atomic E-state index is 11.8. The molecule has 2 rings (SSSR count). The Balaban J connectivity index is 2.61. The minimum absolute atomic E-state index is 0.0866. The largest absolute Gasteiger partial charge is 0.504 e. The third kappa shape index (κ3) is 12.8. The van der Waals surface area contributed by atoms with Gasteiger partial charge in [0.05, 0.1) is 21.7 Å². The molecule has 2 aromatic carbocycles. The van der Waals surface area contributed by atoms with Crippen molar-refractivity contribution >= 4 is 23.9 Å². The van der Waals surface area contributed by atoms with Gasteiger partial charge in [-0.05, 0) is 161 Å². The fraction of sp³-hybridized carbons (Fsp3) is 0.619. The Kier molecular flexibility index (Phi) is 15.8. The second-order valence-electron chi connectivity index (χ2n) is 17.3. The van der Waals surface area contributed by atoms with Crippen molar-refractivity contribution in [3.8, 4) is 28.7 Å². The normalized spacial score (nSPS) is 12.4. The van der Waals surface area contributed by atoms with Crippen molar-refractivity contribution in [3.63, 3.8) is 0 Å². The van der Waals surface area contributed by atoms with Gasteiger partial charge in [0.15, 0.2) is 23.0 Å². The van der Waals surface area contributed by atoms with Gasteiger partial charge in [0.1, 0.15) is 5.75 Å². The third-order valence-electron chi connectivity index (χ3n) is 10.6. The lowest BCUT2D eigenvalue weighted by Gasteiger charge is -2.23. The van der Waals surface area contributed by atoms with E-state index in [9.17, 15) is 54.9 Å². The van der Waals surface area contributed by atoms with E-state index in [-0.39, 0.29) is 42.1 Å². The zero-order chi connectivity index (χ0) is 41.2. The summed E-state index contributed by atoms with van der Waals surface area (Å²) < 4.78 is 6.52. The van der Waals surface area contributed by atoms with E-state index < -0.39 is 57.0 Å². The van der Waals surface area contributed by atoms with Gasteiger partial charge in [-0.1, -0.05) is 18.9 Å². The molecule has 0 atom stereocenters. The average molecular weight is 759 g/mol. The lowest BCUT2D eigenvalue weighted by molar-refractivity contribution is -0.148. The van der Waals surface area contributed by atoms with Crippen LogP contribution in [0.3, 0.4) is 0 Å². The molecule has 0 unspecified atom stereocenters. The van der Waals surface area contributed by atoms with E-state index in [4.69, 9.17) is 4.74 Å². The first kappa shape index (κ1) is 45.7. The summed E-state index contributed by atoms with van der Waals surface area (Å²) in [7, 11) is 0. The molecule has 54 heavy (non-hydrogen) atoms. The van der Waals surface area contributed by atoms with Crippen LogP contribution in [0.2, 0.25) is 0 Å². The van der Waals surface area contributed by atoms with Gasteiger partial charge in [-0.3, -0.25) is 19.2 Å². The summed E-state index contributed by atoms with van der Waals surface area (Å²) in [5, 5.41) is 72.0. The molecule has 7 N–H and O–H groups in total. The van der Waals surface area contributed by atoms with Gasteiger partial charge in [0, 0.05) is 5.56 Å². The molecule has 0 saturated carbocycles. The van der Waals surface area contributed by atoms with Crippen molar-refractivity contribution < 1.29 is 59.7 Å². The molecule has 12 nitrogen and oxygen atoms in total. The van der Waals surface area contributed by atoms with Crippen LogP contribution < -0.4 is 4.74 Å². The highest BCUT2D eigenvalue weighted by molar-refractivity contribution is 5.74. The van der Waals surface area contributed by atoms with Gasteiger partial charge in [-0.15, -0.1) is 0 Å². The highest BCUT2D eigenvalue weighted by atomic mass is 16.5. The minimum Gasteiger partial charge on any atom is -0.504 e. The Morgan fingerprint density at radius 3 is 1.37 bits per heavy atom. The predicted octanol–water partition coefficient (Wildman–Crippen LogP) is 9.11. The van der Waals surface area contributed by atoms with Gasteiger partial charge in [0.2, 0.25) is 0 Å². The number of unbranched alkanes of at least 4 members (excludes halogenated alkanes) is 2. The molecule has 0 heterocycles. The molecule has 0 aliphatic rings. The van der Waals surface area contributed by atoms with E-state index >= 15 is 0 Å². The number of phenolic OH excluding ortho intramolecular Hbond substituents is 3. The number of hydrogen-bond acceptors (Lipinski definition) is 8. The van der Waals surface area contributed by atoms with Crippen LogP contribution in [0.25, 0.3) is 0 Å². The van der Waals surface area contributed by atoms with Crippen LogP contribution in [-0.2, 0) is 44.9 Å². The van der Waals surface area contributed by atoms with Crippen LogP contribution in [0.15, 0.2) is 18.2 Å². The Hall–Kier alpha value is -4.48. The Bertz CT molecular complexity index is 1650. The van der Waals surface area contributed by atoms with Crippen LogP contribution in [-0.4, -0.2) is 59.6 Å². The Labute approximate surface area is 319 Å². The van der Waals surface area contributed by atoms with E-state index in [1.54, 1.807) is 61.5 Å². The fourth-order valence-corrected chi connectivity index (χ4v) is 6.19. The van der Waals surface area contributed by atoms with Crippen molar-refractivity contribution in [2.45, 2.75) is 145 Å². The summed E-state index contributed by atoms with van der Waals surface area (Å²) in [4.78, 5) is 46.9. The van der Waals surface area contributed by atoms with E-state index in [1.807, 2.05) is 6.07 Å². The summed E-state index contributed by atoms with van der Waals surface area (Å²) in [5.41, 5.74) is -1.79. The molecular formula is C42H62O12. The standard InChI is InChI=1S/C42H62O12/c1-39(2,35(46)47)19-11-9-15-26-23-27(16-10-12-20-40(3,4)36(48)49)32(44)31(24-26)54-34-28(17-13-21-41(5,6)37(50)51)25-30(43)33(45)29(34)18-14-22-42(7,8)38(52)53/h23-25,43-45H,9-22H2,1-8H3,(H,46,47)(H,48,49)(H,50,51)(H,52,53). The molecule has 0 bridgehead atoms. The summed E-state index contributed by atoms with van der Waals surface area (Å²) in [6, 6.07) is 4.91. The van der Waals surface area contributed by atoms with Crippen LogP contribution in [0.5, 0.6) is 28.7 Å². The van der Waals surface area contributed by atoms with Gasteiger partial charge in [-0.2, -0.15) is 0 Å². The van der Waals surface area contributed by atoms with E-state index in [0.717, 1.165) is 5.56 Å². The van der Waals surface area contributed by atoms with Crippen molar-refractivity contribution in [2.75, 3.05) is 0 Å². The molecule has 0 amide bonds. The van der Waals surface area contributed by atoms with E-state index in [0.29, 0.717) is 81.8 Å². The highest BCUT2D eigenvalue weighted by Crippen LogP contribution is 2.46. The molecule has 302 valence electrons. The number of rotatable bonds is 24. The van der Waals surface area contributed by atoms with Gasteiger partial charge in [0.25, 0.3) is 0 Å². The van der Waals surface area contributed by atoms with E-state index in [2.05, 4.69) is 0 Å². The van der Waals surface area contributed by atoms with E-state index in [1.165, 1.54) is 6.07 Å². The number of aliphatic carboxylic acids is 4. The molecule has 12 heteroatoms.